The lowest BCUT2D eigenvalue weighted by Gasteiger charge is -2.37. The van der Waals surface area contributed by atoms with Crippen LogP contribution >= 0.6 is 0 Å². The number of carbonyl (C=O) groups is 1. The van der Waals surface area contributed by atoms with Gasteiger partial charge in [0.05, 0.1) is 11.8 Å². The molecule has 0 N–H and O–H groups in total. The van der Waals surface area contributed by atoms with Crippen LogP contribution in [0.2, 0.25) is 0 Å². The summed E-state index contributed by atoms with van der Waals surface area (Å²) in [6.45, 7) is 6.45. The maximum Gasteiger partial charge on any atom is 0.258 e. The van der Waals surface area contributed by atoms with Crippen LogP contribution in [0.15, 0.2) is 12.2 Å². The molecule has 100 valence electrons. The second kappa shape index (κ2) is 3.69. The van der Waals surface area contributed by atoms with E-state index in [0.29, 0.717) is 11.7 Å². The Morgan fingerprint density at radius 3 is 2.78 bits per heavy atom. The fourth-order valence-electron chi connectivity index (χ4n) is 4.60. The summed E-state index contributed by atoms with van der Waals surface area (Å²) in [4.78, 5) is 12.1. The van der Waals surface area contributed by atoms with Gasteiger partial charge in [-0.2, -0.15) is 0 Å². The van der Waals surface area contributed by atoms with Gasteiger partial charge in [0.15, 0.2) is 0 Å². The molecule has 1 heterocycles. The number of nitrogens with zero attached hydrogens (tertiary/aromatic N) is 1. The highest BCUT2D eigenvalue weighted by atomic mass is 32.2. The molecular formula is C14H21NO2S. The standard InChI is InChI=1S/C14H21NO2S/c1-4-5-12(16)15-11-8-10-6-7-14(11,9-18(15)17)13(10,2)3/h4-5,10-11H,6-9H2,1-3H3/b5-4+/t10-,11-,14-,18?/m1/s1. The van der Waals surface area contributed by atoms with Crippen molar-refractivity contribution in [1.82, 2.24) is 4.31 Å². The summed E-state index contributed by atoms with van der Waals surface area (Å²) in [6.07, 6.45) is 6.72. The van der Waals surface area contributed by atoms with Gasteiger partial charge in [-0.05, 0) is 43.6 Å². The minimum absolute atomic E-state index is 0.0685. The van der Waals surface area contributed by atoms with Gasteiger partial charge in [-0.25, -0.2) is 4.21 Å². The van der Waals surface area contributed by atoms with Crippen molar-refractivity contribution in [2.75, 3.05) is 5.75 Å². The molecule has 2 saturated carbocycles. The van der Waals surface area contributed by atoms with Crippen molar-refractivity contribution in [3.8, 4) is 0 Å². The maximum atomic E-state index is 12.4. The van der Waals surface area contributed by atoms with Crippen LogP contribution in [0, 0.1) is 16.7 Å². The SMILES string of the molecule is C/C=C/C(=O)N1[C@@H]2C[C@H]3CC[C@]2(CS1=O)C3(C)C. The van der Waals surface area contributed by atoms with E-state index >= 15 is 0 Å². The molecule has 1 spiro atoms. The van der Waals surface area contributed by atoms with Crippen molar-refractivity contribution in [3.63, 3.8) is 0 Å². The van der Waals surface area contributed by atoms with Crippen molar-refractivity contribution in [2.24, 2.45) is 16.7 Å². The van der Waals surface area contributed by atoms with Gasteiger partial charge in [0, 0.05) is 5.41 Å². The normalized spacial score (nSPS) is 44.8. The molecule has 0 aromatic carbocycles. The molecule has 4 atom stereocenters. The molecule has 3 aliphatic rings. The Hall–Kier alpha value is -0.640. The fourth-order valence-corrected chi connectivity index (χ4v) is 6.72. The molecule has 0 radical (unpaired) electrons. The molecule has 1 aliphatic heterocycles. The van der Waals surface area contributed by atoms with Crippen LogP contribution in [0.25, 0.3) is 0 Å². The average molecular weight is 267 g/mol. The predicted molar refractivity (Wildman–Crippen MR) is 72.0 cm³/mol. The zero-order chi connectivity index (χ0) is 13.1. The number of hydrogen-bond donors (Lipinski definition) is 0. The molecular weight excluding hydrogens is 246 g/mol. The third-order valence-electron chi connectivity index (χ3n) is 5.80. The summed E-state index contributed by atoms with van der Waals surface area (Å²) in [5.74, 6) is 1.31. The minimum Gasteiger partial charge on any atom is -0.269 e. The topological polar surface area (TPSA) is 37.4 Å². The first kappa shape index (κ1) is 12.4. The van der Waals surface area contributed by atoms with Crippen molar-refractivity contribution in [2.45, 2.75) is 46.1 Å². The first-order valence-electron chi connectivity index (χ1n) is 6.78. The quantitative estimate of drug-likeness (QED) is 0.683. The number of fused-ring (bicyclic) bond motifs is 1. The second-order valence-corrected chi connectivity index (χ2v) is 7.82. The molecule has 3 nitrogen and oxygen atoms in total. The summed E-state index contributed by atoms with van der Waals surface area (Å²) in [5, 5.41) is 0. The van der Waals surface area contributed by atoms with Gasteiger partial charge in [-0.15, -0.1) is 0 Å². The lowest BCUT2D eigenvalue weighted by Crippen LogP contribution is -2.43. The van der Waals surface area contributed by atoms with E-state index in [1.807, 2.05) is 6.92 Å². The molecule has 2 bridgehead atoms. The van der Waals surface area contributed by atoms with Crippen LogP contribution in [0.3, 0.4) is 0 Å². The van der Waals surface area contributed by atoms with Gasteiger partial charge in [-0.1, -0.05) is 19.9 Å². The highest BCUT2D eigenvalue weighted by molar-refractivity contribution is 7.83. The summed E-state index contributed by atoms with van der Waals surface area (Å²) in [6, 6.07) is 0.204. The Kier molecular flexibility index (Phi) is 2.54. The summed E-state index contributed by atoms with van der Waals surface area (Å²) < 4.78 is 14.0. The zero-order valence-corrected chi connectivity index (χ0v) is 12.1. The Bertz CT molecular complexity index is 457. The van der Waals surface area contributed by atoms with Crippen LogP contribution in [-0.4, -0.2) is 26.2 Å². The lowest BCUT2D eigenvalue weighted by atomic mass is 9.69. The molecule has 0 aromatic heterocycles. The first-order valence-corrected chi connectivity index (χ1v) is 8.06. The van der Waals surface area contributed by atoms with Crippen molar-refractivity contribution in [1.29, 1.82) is 0 Å². The molecule has 1 saturated heterocycles. The highest BCUT2D eigenvalue weighted by Gasteiger charge is 2.70. The van der Waals surface area contributed by atoms with Crippen molar-refractivity contribution in [3.05, 3.63) is 12.2 Å². The average Bonchev–Trinajstić information content (AvgIpc) is 2.79. The van der Waals surface area contributed by atoms with Gasteiger partial charge >= 0.3 is 0 Å². The van der Waals surface area contributed by atoms with Crippen LogP contribution in [0.5, 0.6) is 0 Å². The van der Waals surface area contributed by atoms with Gasteiger partial charge in [0.2, 0.25) is 0 Å². The van der Waals surface area contributed by atoms with E-state index in [0.717, 1.165) is 12.8 Å². The lowest BCUT2D eigenvalue weighted by molar-refractivity contribution is -0.123. The smallest absolute Gasteiger partial charge is 0.258 e. The van der Waals surface area contributed by atoms with Crippen molar-refractivity contribution >= 4 is 16.9 Å². The maximum absolute atomic E-state index is 12.4. The van der Waals surface area contributed by atoms with Crippen molar-refractivity contribution < 1.29 is 9.00 Å². The Balaban J connectivity index is 2.00. The third-order valence-corrected chi connectivity index (χ3v) is 7.43. The van der Waals surface area contributed by atoms with Gasteiger partial charge in [-0.3, -0.25) is 9.10 Å². The second-order valence-electron chi connectivity index (χ2n) is 6.49. The van der Waals surface area contributed by atoms with E-state index in [4.69, 9.17) is 0 Å². The molecule has 18 heavy (non-hydrogen) atoms. The Morgan fingerprint density at radius 2 is 2.17 bits per heavy atom. The fraction of sp³-hybridized carbons (Fsp3) is 0.786. The number of rotatable bonds is 1. The highest BCUT2D eigenvalue weighted by Crippen LogP contribution is 2.69. The molecule has 3 rings (SSSR count). The zero-order valence-electron chi connectivity index (χ0n) is 11.3. The number of carbonyl (C=O) groups excluding carboxylic acids is 1. The number of amides is 1. The van der Waals surface area contributed by atoms with Crippen LogP contribution < -0.4 is 0 Å². The number of allylic oxidation sites excluding steroid dienone is 1. The molecule has 4 heteroatoms. The Morgan fingerprint density at radius 1 is 1.44 bits per heavy atom. The van der Waals surface area contributed by atoms with Gasteiger partial charge < -0.3 is 0 Å². The molecule has 1 amide bonds. The van der Waals surface area contributed by atoms with E-state index in [2.05, 4.69) is 13.8 Å². The van der Waals surface area contributed by atoms with E-state index in [1.54, 1.807) is 16.5 Å². The largest absolute Gasteiger partial charge is 0.269 e. The first-order chi connectivity index (χ1) is 8.44. The molecule has 2 aliphatic carbocycles. The van der Waals surface area contributed by atoms with Gasteiger partial charge in [0.1, 0.15) is 11.0 Å². The van der Waals surface area contributed by atoms with Gasteiger partial charge in [0.25, 0.3) is 5.91 Å². The van der Waals surface area contributed by atoms with Crippen LogP contribution in [-0.2, 0) is 15.8 Å². The van der Waals surface area contributed by atoms with E-state index in [1.165, 1.54) is 6.42 Å². The monoisotopic (exact) mass is 267 g/mol. The summed E-state index contributed by atoms with van der Waals surface area (Å²) in [5.41, 5.74) is 0.345. The van der Waals surface area contributed by atoms with Crippen LogP contribution in [0.1, 0.15) is 40.0 Å². The minimum atomic E-state index is -1.13. The van der Waals surface area contributed by atoms with E-state index in [-0.39, 0.29) is 22.8 Å². The summed E-state index contributed by atoms with van der Waals surface area (Å²) in [7, 11) is -1.13. The van der Waals surface area contributed by atoms with E-state index in [9.17, 15) is 9.00 Å². The molecule has 3 fully saturated rings. The Labute approximate surface area is 111 Å². The van der Waals surface area contributed by atoms with Crippen LogP contribution in [0.4, 0.5) is 0 Å². The molecule has 1 unspecified atom stereocenters. The third kappa shape index (κ3) is 1.25. The predicted octanol–water partition coefficient (Wildman–Crippen LogP) is 2.26. The van der Waals surface area contributed by atoms with E-state index < -0.39 is 11.0 Å². The summed E-state index contributed by atoms with van der Waals surface area (Å²) >= 11 is 0. The molecule has 0 aromatic rings. The number of hydrogen-bond acceptors (Lipinski definition) is 2.